The van der Waals surface area contributed by atoms with Gasteiger partial charge in [-0.25, -0.2) is 9.59 Å². The molecule has 0 atom stereocenters. The van der Waals surface area contributed by atoms with Crippen LogP contribution in [0.5, 0.6) is 0 Å². The number of aliphatic carboxylic acids is 2. The van der Waals surface area contributed by atoms with Gasteiger partial charge in [-0.05, 0) is 12.1 Å². The number of nitrogens with zero attached hydrogens (tertiary/aromatic N) is 3. The number of hydrogen-bond donors (Lipinski definition) is 2. The Labute approximate surface area is 155 Å². The van der Waals surface area contributed by atoms with Crippen LogP contribution in [0.15, 0.2) is 40.8 Å². The number of Topliss-reactive ketones (excluding diaryl/α,β-unsaturated/α-hetero) is 1. The summed E-state index contributed by atoms with van der Waals surface area (Å²) in [6.45, 7) is 1.36. The van der Waals surface area contributed by atoms with Crippen LogP contribution in [-0.4, -0.2) is 43.3 Å². The third-order valence-corrected chi connectivity index (χ3v) is 3.60. The summed E-state index contributed by atoms with van der Waals surface area (Å²) in [6.07, 6.45) is 1.66. The van der Waals surface area contributed by atoms with Crippen molar-refractivity contribution in [3.05, 3.63) is 56.3 Å². The lowest BCUT2D eigenvalue weighted by molar-refractivity contribution is -0.384. The molecule has 0 bridgehead atoms. The van der Waals surface area contributed by atoms with E-state index in [1.165, 1.54) is 42.5 Å². The maximum atomic E-state index is 12.1. The smallest absolute Gasteiger partial charge is 0.414 e. The van der Waals surface area contributed by atoms with E-state index in [1.54, 1.807) is 16.1 Å². The largest absolute Gasteiger partial charge is 0.473 e. The fourth-order valence-corrected chi connectivity index (χ4v) is 2.43. The Morgan fingerprint density at radius 2 is 1.70 bits per heavy atom. The van der Waals surface area contributed by atoms with Gasteiger partial charge in [0.05, 0.1) is 11.5 Å². The summed E-state index contributed by atoms with van der Waals surface area (Å²) in [6, 6.07) is 5.39. The molecule has 0 fully saturated rings. The first-order valence-corrected chi connectivity index (χ1v) is 7.93. The van der Waals surface area contributed by atoms with Crippen molar-refractivity contribution >= 4 is 40.7 Å². The zero-order valence-electron chi connectivity index (χ0n) is 13.8. The molecule has 2 aromatic rings. The number of rotatable bonds is 4. The molecule has 0 saturated carbocycles. The highest BCUT2D eigenvalue weighted by Crippen LogP contribution is 2.12. The molecule has 0 aliphatic carbocycles. The molecule has 0 aliphatic rings. The average Bonchev–Trinajstić information content (AvgIpc) is 3.01. The highest BCUT2D eigenvalue weighted by Gasteiger charge is 2.11. The van der Waals surface area contributed by atoms with Crippen molar-refractivity contribution in [2.45, 2.75) is 13.5 Å². The summed E-state index contributed by atoms with van der Waals surface area (Å²) in [4.78, 5) is 55.6. The van der Waals surface area contributed by atoms with Crippen LogP contribution in [0.4, 0.5) is 5.69 Å². The first kappa shape index (κ1) is 21.4. The molecule has 0 saturated heterocycles. The SMILES string of the molecule is CC(=O)N=c1sccn1CC(=O)c1ccc([N+](=O)[O-])cc1.O=C(O)C(=O)O. The second-order valence-electron chi connectivity index (χ2n) is 4.78. The number of carboxylic acid groups (broad SMARTS) is 2. The molecule has 0 radical (unpaired) electrons. The Kier molecular flexibility index (Phi) is 7.69. The minimum atomic E-state index is -1.82. The van der Waals surface area contributed by atoms with E-state index in [2.05, 4.69) is 4.99 Å². The van der Waals surface area contributed by atoms with Crippen molar-refractivity contribution in [2.24, 2.45) is 4.99 Å². The zero-order valence-corrected chi connectivity index (χ0v) is 14.6. The number of thiazole rings is 1. The summed E-state index contributed by atoms with van der Waals surface area (Å²) in [7, 11) is 0. The number of nitro benzene ring substituents is 1. The number of non-ortho nitro benzene ring substituents is 1. The average molecular weight is 395 g/mol. The number of carboxylic acids is 2. The summed E-state index contributed by atoms with van der Waals surface area (Å²) in [5.74, 6) is -4.20. The van der Waals surface area contributed by atoms with E-state index < -0.39 is 16.9 Å². The van der Waals surface area contributed by atoms with Crippen molar-refractivity contribution in [3.63, 3.8) is 0 Å². The van der Waals surface area contributed by atoms with Gasteiger partial charge in [-0.3, -0.25) is 19.7 Å². The van der Waals surface area contributed by atoms with Crippen LogP contribution in [0.1, 0.15) is 17.3 Å². The van der Waals surface area contributed by atoms with E-state index in [1.807, 2.05) is 0 Å². The van der Waals surface area contributed by atoms with E-state index in [0.717, 1.165) is 0 Å². The Morgan fingerprint density at radius 3 is 2.15 bits per heavy atom. The highest BCUT2D eigenvalue weighted by molar-refractivity contribution is 7.07. The maximum absolute atomic E-state index is 12.1. The molecule has 1 aromatic heterocycles. The Balaban J connectivity index is 0.000000527. The Hall–Kier alpha value is -3.67. The molecule has 27 heavy (non-hydrogen) atoms. The van der Waals surface area contributed by atoms with Gasteiger partial charge in [0.15, 0.2) is 10.6 Å². The highest BCUT2D eigenvalue weighted by atomic mass is 32.1. The number of hydrogen-bond acceptors (Lipinski definition) is 7. The molecule has 2 N–H and O–H groups in total. The second-order valence-corrected chi connectivity index (χ2v) is 5.65. The molecular formula is C15H13N3O8S. The lowest BCUT2D eigenvalue weighted by Crippen LogP contribution is -2.20. The third kappa shape index (κ3) is 6.99. The number of benzene rings is 1. The molecule has 1 aromatic carbocycles. The minimum absolute atomic E-state index is 0.0213. The molecule has 0 unspecified atom stereocenters. The van der Waals surface area contributed by atoms with Gasteiger partial charge < -0.3 is 14.8 Å². The van der Waals surface area contributed by atoms with Crippen molar-refractivity contribution in [1.29, 1.82) is 0 Å². The van der Waals surface area contributed by atoms with Gasteiger partial charge in [0, 0.05) is 36.2 Å². The maximum Gasteiger partial charge on any atom is 0.414 e. The summed E-state index contributed by atoms with van der Waals surface area (Å²) >= 11 is 1.26. The first-order chi connectivity index (χ1) is 12.6. The van der Waals surface area contributed by atoms with Crippen molar-refractivity contribution in [2.75, 3.05) is 0 Å². The third-order valence-electron chi connectivity index (χ3n) is 2.81. The van der Waals surface area contributed by atoms with Crippen LogP contribution in [0.2, 0.25) is 0 Å². The number of nitro groups is 1. The molecule has 0 aliphatic heterocycles. The molecule has 12 heteroatoms. The van der Waals surface area contributed by atoms with Crippen LogP contribution < -0.4 is 4.80 Å². The lowest BCUT2D eigenvalue weighted by Gasteiger charge is -2.02. The van der Waals surface area contributed by atoms with E-state index in [9.17, 15) is 19.7 Å². The van der Waals surface area contributed by atoms with Gasteiger partial charge in [0.25, 0.3) is 5.69 Å². The van der Waals surface area contributed by atoms with Crippen molar-refractivity contribution in [3.8, 4) is 0 Å². The second kappa shape index (κ2) is 9.72. The van der Waals surface area contributed by atoms with Crippen molar-refractivity contribution < 1.29 is 34.3 Å². The standard InChI is InChI=1S/C13H11N3O4S.C2H2O4/c1-9(17)14-13-15(6-7-21-13)8-12(18)10-2-4-11(5-3-10)16(19)20;3-1(4)2(5)6/h2-7H,8H2,1H3;(H,3,4)(H,5,6). The summed E-state index contributed by atoms with van der Waals surface area (Å²) < 4.78 is 1.57. The van der Waals surface area contributed by atoms with Gasteiger partial charge in [-0.2, -0.15) is 4.99 Å². The van der Waals surface area contributed by atoms with E-state index in [4.69, 9.17) is 19.8 Å². The normalized spacial score (nSPS) is 10.5. The molecule has 11 nitrogen and oxygen atoms in total. The fraction of sp³-hybridized carbons (Fsp3) is 0.133. The zero-order chi connectivity index (χ0) is 20.6. The monoisotopic (exact) mass is 395 g/mol. The van der Waals surface area contributed by atoms with Gasteiger partial charge in [0.1, 0.15) is 0 Å². The van der Waals surface area contributed by atoms with E-state index in [-0.39, 0.29) is 23.9 Å². The predicted molar refractivity (Wildman–Crippen MR) is 91.3 cm³/mol. The van der Waals surface area contributed by atoms with Crippen LogP contribution in [0.3, 0.4) is 0 Å². The van der Waals surface area contributed by atoms with E-state index >= 15 is 0 Å². The van der Waals surface area contributed by atoms with Crippen LogP contribution in [-0.2, 0) is 20.9 Å². The van der Waals surface area contributed by atoms with Gasteiger partial charge in [0.2, 0.25) is 5.91 Å². The van der Waals surface area contributed by atoms with Crippen LogP contribution in [0, 0.1) is 10.1 Å². The molecule has 142 valence electrons. The van der Waals surface area contributed by atoms with E-state index in [0.29, 0.717) is 10.4 Å². The fourth-order valence-electron chi connectivity index (χ4n) is 1.66. The quantitative estimate of drug-likeness (QED) is 0.333. The van der Waals surface area contributed by atoms with Crippen LogP contribution in [0.25, 0.3) is 0 Å². The molecule has 1 amide bonds. The van der Waals surface area contributed by atoms with Crippen LogP contribution >= 0.6 is 11.3 Å². The van der Waals surface area contributed by atoms with Crippen molar-refractivity contribution in [1.82, 2.24) is 4.57 Å². The summed E-state index contributed by atoms with van der Waals surface area (Å²) in [5, 5.41) is 27.1. The molecular weight excluding hydrogens is 382 g/mol. The van der Waals surface area contributed by atoms with Gasteiger partial charge in [-0.15, -0.1) is 11.3 Å². The number of ketones is 1. The minimum Gasteiger partial charge on any atom is -0.473 e. The molecule has 2 rings (SSSR count). The number of aromatic nitrogens is 1. The van der Waals surface area contributed by atoms with Gasteiger partial charge in [-0.1, -0.05) is 0 Å². The number of amides is 1. The predicted octanol–water partition coefficient (Wildman–Crippen LogP) is 0.944. The Morgan fingerprint density at radius 1 is 1.15 bits per heavy atom. The number of carbonyl (C=O) groups excluding carboxylic acids is 2. The summed E-state index contributed by atoms with van der Waals surface area (Å²) in [5.41, 5.74) is 0.301. The van der Waals surface area contributed by atoms with Gasteiger partial charge >= 0.3 is 11.9 Å². The molecule has 1 heterocycles. The first-order valence-electron chi connectivity index (χ1n) is 7.05. The topological polar surface area (TPSA) is 169 Å². The Bertz CT molecular complexity index is 930. The number of carbonyl (C=O) groups is 4. The lowest BCUT2D eigenvalue weighted by atomic mass is 10.1. The molecule has 0 spiro atoms.